The first-order valence-electron chi connectivity index (χ1n) is 8.79. The molecule has 1 atom stereocenters. The van der Waals surface area contributed by atoms with Crippen molar-refractivity contribution in [3.63, 3.8) is 0 Å². The summed E-state index contributed by atoms with van der Waals surface area (Å²) in [6.07, 6.45) is 10.6. The summed E-state index contributed by atoms with van der Waals surface area (Å²) in [4.78, 5) is 23.5. The van der Waals surface area contributed by atoms with Crippen LogP contribution in [0.5, 0.6) is 0 Å². The first-order valence-corrected chi connectivity index (χ1v) is 9.67. The smallest absolute Gasteiger partial charge is 0.275 e. The Hall–Kier alpha value is -2.77. The maximum Gasteiger partial charge on any atom is 0.275 e. The molecule has 27 heavy (non-hydrogen) atoms. The standard InChI is InChI=1S/C20H23N5OS/c1-3-6-14(4-2)20-24-17(13-27-20)19(26)23-16-11-22-9-8-18(16)25-10-5-7-15(21)12-25/h3-4,6,8-9,11,13,15H,1-2,5,7,10,12,21H2,(H,23,26)/b14-6+/t15-/m0/s1. The molecule has 0 radical (unpaired) electrons. The monoisotopic (exact) mass is 381 g/mol. The highest BCUT2D eigenvalue weighted by Gasteiger charge is 2.21. The van der Waals surface area contributed by atoms with E-state index in [0.29, 0.717) is 11.4 Å². The normalized spacial score (nSPS) is 17.4. The van der Waals surface area contributed by atoms with Gasteiger partial charge < -0.3 is 16.0 Å². The van der Waals surface area contributed by atoms with Gasteiger partial charge in [-0.05, 0) is 18.9 Å². The van der Waals surface area contributed by atoms with E-state index >= 15 is 0 Å². The molecule has 1 aliphatic rings. The predicted molar refractivity (Wildman–Crippen MR) is 112 cm³/mol. The number of allylic oxidation sites excluding steroid dienone is 4. The number of nitrogens with two attached hydrogens (primary N) is 1. The van der Waals surface area contributed by atoms with E-state index in [1.807, 2.05) is 12.1 Å². The second kappa shape index (κ2) is 8.75. The Bertz CT molecular complexity index is 873. The molecule has 1 amide bonds. The second-order valence-electron chi connectivity index (χ2n) is 6.30. The van der Waals surface area contributed by atoms with Gasteiger partial charge >= 0.3 is 0 Å². The molecular weight excluding hydrogens is 358 g/mol. The predicted octanol–water partition coefficient (Wildman–Crippen LogP) is 3.47. The van der Waals surface area contributed by atoms with E-state index in [-0.39, 0.29) is 11.9 Å². The highest BCUT2D eigenvalue weighted by atomic mass is 32.1. The first-order chi connectivity index (χ1) is 13.1. The number of carbonyl (C=O) groups is 1. The van der Waals surface area contributed by atoms with Gasteiger partial charge in [0.25, 0.3) is 5.91 Å². The fourth-order valence-corrected chi connectivity index (χ4v) is 3.86. The Morgan fingerprint density at radius 2 is 2.30 bits per heavy atom. The van der Waals surface area contributed by atoms with Crippen molar-refractivity contribution >= 4 is 34.2 Å². The third-order valence-electron chi connectivity index (χ3n) is 4.35. The maximum atomic E-state index is 12.7. The molecule has 2 aromatic heterocycles. The van der Waals surface area contributed by atoms with Gasteiger partial charge in [-0.2, -0.15) is 0 Å². The fourth-order valence-electron chi connectivity index (χ4n) is 3.04. The van der Waals surface area contributed by atoms with Crippen molar-refractivity contribution in [1.82, 2.24) is 9.97 Å². The van der Waals surface area contributed by atoms with E-state index in [0.717, 1.165) is 42.2 Å². The molecule has 0 bridgehead atoms. The van der Waals surface area contributed by atoms with E-state index < -0.39 is 0 Å². The summed E-state index contributed by atoms with van der Waals surface area (Å²) in [5.41, 5.74) is 8.89. The molecule has 0 aliphatic carbocycles. The average Bonchev–Trinajstić information content (AvgIpc) is 3.16. The number of nitrogens with one attached hydrogen (secondary N) is 1. The molecule has 7 heteroatoms. The molecule has 2 aromatic rings. The SMILES string of the molecule is C=C/C=C(\C=C)c1nc(C(=O)Nc2cnccc2N2CCC[C@H](N)C2)cs1. The topological polar surface area (TPSA) is 84.1 Å². The highest BCUT2D eigenvalue weighted by Crippen LogP contribution is 2.28. The minimum atomic E-state index is -0.268. The van der Waals surface area contributed by atoms with E-state index in [1.54, 1.807) is 29.9 Å². The van der Waals surface area contributed by atoms with E-state index in [9.17, 15) is 4.79 Å². The number of nitrogens with zero attached hydrogens (tertiary/aromatic N) is 3. The zero-order chi connectivity index (χ0) is 19.2. The zero-order valence-electron chi connectivity index (χ0n) is 15.1. The number of hydrogen-bond donors (Lipinski definition) is 2. The van der Waals surface area contributed by atoms with Crippen LogP contribution in [0.3, 0.4) is 0 Å². The third-order valence-corrected chi connectivity index (χ3v) is 5.24. The van der Waals surface area contributed by atoms with Gasteiger partial charge in [0.2, 0.25) is 0 Å². The Morgan fingerprint density at radius 1 is 1.44 bits per heavy atom. The van der Waals surface area contributed by atoms with Crippen LogP contribution in [0.25, 0.3) is 5.57 Å². The Kier molecular flexibility index (Phi) is 6.16. The summed E-state index contributed by atoms with van der Waals surface area (Å²) < 4.78 is 0. The van der Waals surface area contributed by atoms with Crippen molar-refractivity contribution in [3.8, 4) is 0 Å². The molecule has 1 aliphatic heterocycles. The second-order valence-corrected chi connectivity index (χ2v) is 7.15. The lowest BCUT2D eigenvalue weighted by Gasteiger charge is -2.33. The molecule has 0 saturated carbocycles. The van der Waals surface area contributed by atoms with Crippen LogP contribution in [0.1, 0.15) is 28.3 Å². The number of anilines is 2. The molecule has 140 valence electrons. The Morgan fingerprint density at radius 3 is 3.04 bits per heavy atom. The lowest BCUT2D eigenvalue weighted by atomic mass is 10.1. The van der Waals surface area contributed by atoms with Crippen LogP contribution in [0.2, 0.25) is 0 Å². The van der Waals surface area contributed by atoms with Gasteiger partial charge in [0.05, 0.1) is 17.6 Å². The molecule has 3 rings (SSSR count). The van der Waals surface area contributed by atoms with Crippen LogP contribution in [0.15, 0.2) is 55.2 Å². The zero-order valence-corrected chi connectivity index (χ0v) is 15.9. The maximum absolute atomic E-state index is 12.7. The van der Waals surface area contributed by atoms with Gasteiger partial charge in [0, 0.05) is 36.3 Å². The third kappa shape index (κ3) is 4.50. The minimum absolute atomic E-state index is 0.144. The van der Waals surface area contributed by atoms with Crippen molar-refractivity contribution in [2.45, 2.75) is 18.9 Å². The molecule has 6 nitrogen and oxygen atoms in total. The van der Waals surface area contributed by atoms with Crippen molar-refractivity contribution in [2.75, 3.05) is 23.3 Å². The van der Waals surface area contributed by atoms with Crippen LogP contribution in [0, 0.1) is 0 Å². The summed E-state index contributed by atoms with van der Waals surface area (Å²) in [7, 11) is 0. The number of amides is 1. The molecule has 0 unspecified atom stereocenters. The molecule has 0 aromatic carbocycles. The van der Waals surface area contributed by atoms with Gasteiger partial charge in [0.15, 0.2) is 0 Å². The molecule has 1 saturated heterocycles. The molecule has 0 spiro atoms. The van der Waals surface area contributed by atoms with Crippen molar-refractivity contribution < 1.29 is 4.79 Å². The Labute approximate surface area is 163 Å². The lowest BCUT2D eigenvalue weighted by molar-refractivity contribution is 0.102. The number of rotatable bonds is 6. The number of piperidine rings is 1. The van der Waals surface area contributed by atoms with Crippen LogP contribution < -0.4 is 16.0 Å². The largest absolute Gasteiger partial charge is 0.368 e. The van der Waals surface area contributed by atoms with Gasteiger partial charge in [-0.1, -0.05) is 31.4 Å². The average molecular weight is 382 g/mol. The van der Waals surface area contributed by atoms with Crippen LogP contribution in [0.4, 0.5) is 11.4 Å². The van der Waals surface area contributed by atoms with Crippen molar-refractivity contribution in [3.05, 3.63) is 65.9 Å². The van der Waals surface area contributed by atoms with Crippen molar-refractivity contribution in [2.24, 2.45) is 5.73 Å². The van der Waals surface area contributed by atoms with Crippen LogP contribution >= 0.6 is 11.3 Å². The quantitative estimate of drug-likeness (QED) is 0.749. The number of thiazole rings is 1. The molecule has 3 heterocycles. The van der Waals surface area contributed by atoms with E-state index in [2.05, 4.69) is 33.3 Å². The highest BCUT2D eigenvalue weighted by molar-refractivity contribution is 7.11. The van der Waals surface area contributed by atoms with Crippen molar-refractivity contribution in [1.29, 1.82) is 0 Å². The van der Waals surface area contributed by atoms with Gasteiger partial charge in [-0.15, -0.1) is 11.3 Å². The summed E-state index contributed by atoms with van der Waals surface area (Å²) in [5, 5.41) is 5.40. The molecule has 1 fully saturated rings. The minimum Gasteiger partial charge on any atom is -0.368 e. The number of aromatic nitrogens is 2. The molecular formula is C20H23N5OS. The summed E-state index contributed by atoms with van der Waals surface area (Å²) >= 11 is 1.39. The Balaban J connectivity index is 1.79. The fraction of sp³-hybridized carbons (Fsp3) is 0.250. The van der Waals surface area contributed by atoms with E-state index in [4.69, 9.17) is 5.73 Å². The first kappa shape index (κ1) is 19.0. The van der Waals surface area contributed by atoms with Crippen LogP contribution in [-0.2, 0) is 0 Å². The molecule has 3 N–H and O–H groups in total. The summed E-state index contributed by atoms with van der Waals surface area (Å²) in [6, 6.07) is 2.05. The lowest BCUT2D eigenvalue weighted by Crippen LogP contribution is -2.43. The van der Waals surface area contributed by atoms with E-state index in [1.165, 1.54) is 11.3 Å². The van der Waals surface area contributed by atoms with Crippen LogP contribution in [-0.4, -0.2) is 35.0 Å². The van der Waals surface area contributed by atoms with Gasteiger partial charge in [-0.3, -0.25) is 9.78 Å². The summed E-state index contributed by atoms with van der Waals surface area (Å²) in [6.45, 7) is 9.14. The number of pyridine rings is 1. The number of carbonyl (C=O) groups excluding carboxylic acids is 1. The van der Waals surface area contributed by atoms with Gasteiger partial charge in [0.1, 0.15) is 10.7 Å². The number of hydrogen-bond acceptors (Lipinski definition) is 6. The summed E-state index contributed by atoms with van der Waals surface area (Å²) in [5.74, 6) is -0.268. The van der Waals surface area contributed by atoms with Gasteiger partial charge in [-0.25, -0.2) is 4.98 Å².